The maximum atomic E-state index is 13.4. The Morgan fingerprint density at radius 2 is 1.70 bits per heavy atom. The Morgan fingerprint density at radius 3 is 2.43 bits per heavy atom. The standard InChI is InChI=1S/C23H17Br2FN2O2/c1-29-21-8-4-15(25)11-18(21)23-28-20(17-10-14(24)5-9-22(17)30-23)12-19(27-28)13-2-6-16(26)7-3-13/h2-11,20,23H,12H2,1H3/t20-,23+/m1/s1. The second-order valence-corrected chi connectivity index (χ2v) is 9.02. The van der Waals surface area contributed by atoms with Crippen LogP contribution in [0.5, 0.6) is 11.5 Å². The van der Waals surface area contributed by atoms with Gasteiger partial charge in [0.25, 0.3) is 0 Å². The summed E-state index contributed by atoms with van der Waals surface area (Å²) in [6.07, 6.45) is 0.250. The normalized spacial score (nSPS) is 19.6. The number of halogens is 3. The summed E-state index contributed by atoms with van der Waals surface area (Å²) in [7, 11) is 1.65. The van der Waals surface area contributed by atoms with Gasteiger partial charge in [-0.25, -0.2) is 9.40 Å². The summed E-state index contributed by atoms with van der Waals surface area (Å²) in [6.45, 7) is 0. The van der Waals surface area contributed by atoms with Crippen LogP contribution >= 0.6 is 31.9 Å². The number of benzene rings is 3. The lowest BCUT2D eigenvalue weighted by Crippen LogP contribution is -2.34. The fourth-order valence-corrected chi connectivity index (χ4v) is 4.74. The first kappa shape index (κ1) is 19.6. The summed E-state index contributed by atoms with van der Waals surface area (Å²) >= 11 is 7.12. The summed E-state index contributed by atoms with van der Waals surface area (Å²) in [4.78, 5) is 0. The predicted molar refractivity (Wildman–Crippen MR) is 120 cm³/mol. The molecule has 4 nitrogen and oxygen atoms in total. The van der Waals surface area contributed by atoms with Gasteiger partial charge in [-0.1, -0.05) is 44.0 Å². The second kappa shape index (κ2) is 7.71. The molecular formula is C23H17Br2FN2O2. The molecule has 2 heterocycles. The first-order chi connectivity index (χ1) is 14.5. The van der Waals surface area contributed by atoms with Crippen molar-refractivity contribution in [1.82, 2.24) is 5.01 Å². The van der Waals surface area contributed by atoms with Gasteiger partial charge in [0.2, 0.25) is 6.23 Å². The summed E-state index contributed by atoms with van der Waals surface area (Å²) in [6, 6.07) is 18.3. The minimum absolute atomic E-state index is 0.00000850. The van der Waals surface area contributed by atoms with Crippen LogP contribution in [0.1, 0.15) is 35.4 Å². The molecule has 30 heavy (non-hydrogen) atoms. The van der Waals surface area contributed by atoms with E-state index in [1.165, 1.54) is 12.1 Å². The highest BCUT2D eigenvalue weighted by molar-refractivity contribution is 9.10. The summed E-state index contributed by atoms with van der Waals surface area (Å²) in [5, 5.41) is 6.90. The first-order valence-electron chi connectivity index (χ1n) is 9.45. The molecule has 0 N–H and O–H groups in total. The Morgan fingerprint density at radius 1 is 1.00 bits per heavy atom. The fourth-order valence-electron chi connectivity index (χ4n) is 3.98. The van der Waals surface area contributed by atoms with E-state index < -0.39 is 6.23 Å². The van der Waals surface area contributed by atoms with Gasteiger partial charge in [-0.2, -0.15) is 5.10 Å². The van der Waals surface area contributed by atoms with E-state index in [-0.39, 0.29) is 11.9 Å². The van der Waals surface area contributed by atoms with Crippen LogP contribution < -0.4 is 9.47 Å². The van der Waals surface area contributed by atoms with Crippen LogP contribution in [0.25, 0.3) is 0 Å². The zero-order valence-corrected chi connectivity index (χ0v) is 19.2. The first-order valence-corrected chi connectivity index (χ1v) is 11.0. The smallest absolute Gasteiger partial charge is 0.217 e. The lowest BCUT2D eigenvalue weighted by Gasteiger charge is -2.38. The van der Waals surface area contributed by atoms with E-state index in [9.17, 15) is 4.39 Å². The molecular weight excluding hydrogens is 515 g/mol. The lowest BCUT2D eigenvalue weighted by molar-refractivity contribution is -0.0204. The molecule has 0 saturated heterocycles. The Labute approximate surface area is 190 Å². The van der Waals surface area contributed by atoms with Gasteiger partial charge in [0, 0.05) is 20.9 Å². The summed E-state index contributed by atoms with van der Waals surface area (Å²) < 4.78 is 27.4. The number of hydrazone groups is 1. The quantitative estimate of drug-likeness (QED) is 0.381. The van der Waals surface area contributed by atoms with Crippen LogP contribution in [0.2, 0.25) is 0 Å². The molecule has 0 fully saturated rings. The summed E-state index contributed by atoms with van der Waals surface area (Å²) in [5.41, 5.74) is 3.75. The maximum Gasteiger partial charge on any atom is 0.217 e. The van der Waals surface area contributed by atoms with E-state index in [2.05, 4.69) is 37.9 Å². The summed E-state index contributed by atoms with van der Waals surface area (Å²) in [5.74, 6) is 1.29. The molecule has 0 aliphatic carbocycles. The Balaban J connectivity index is 1.64. The largest absolute Gasteiger partial charge is 0.496 e. The molecule has 2 aliphatic rings. The highest BCUT2D eigenvalue weighted by Gasteiger charge is 2.42. The molecule has 2 atom stereocenters. The van der Waals surface area contributed by atoms with Crippen LogP contribution in [-0.2, 0) is 0 Å². The van der Waals surface area contributed by atoms with Crippen LogP contribution in [0, 0.1) is 5.82 Å². The average Bonchev–Trinajstić information content (AvgIpc) is 3.19. The topological polar surface area (TPSA) is 34.1 Å². The van der Waals surface area contributed by atoms with Crippen molar-refractivity contribution in [3.05, 3.63) is 92.1 Å². The molecule has 2 aliphatic heterocycles. The molecule has 0 amide bonds. The highest BCUT2D eigenvalue weighted by atomic mass is 79.9. The van der Waals surface area contributed by atoms with Gasteiger partial charge in [-0.05, 0) is 54.1 Å². The van der Waals surface area contributed by atoms with Crippen molar-refractivity contribution in [2.24, 2.45) is 5.10 Å². The second-order valence-electron chi connectivity index (χ2n) is 7.19. The van der Waals surface area contributed by atoms with E-state index in [1.54, 1.807) is 19.2 Å². The van der Waals surface area contributed by atoms with Crippen molar-refractivity contribution in [2.45, 2.75) is 18.7 Å². The predicted octanol–water partition coefficient (Wildman–Crippen LogP) is 6.60. The van der Waals surface area contributed by atoms with Gasteiger partial charge in [0.05, 0.1) is 24.4 Å². The molecule has 152 valence electrons. The molecule has 0 unspecified atom stereocenters. The number of hydrogen-bond acceptors (Lipinski definition) is 4. The van der Waals surface area contributed by atoms with E-state index >= 15 is 0 Å². The van der Waals surface area contributed by atoms with Crippen molar-refractivity contribution < 1.29 is 13.9 Å². The third kappa shape index (κ3) is 3.40. The van der Waals surface area contributed by atoms with Gasteiger partial charge in [0.1, 0.15) is 17.3 Å². The molecule has 0 bridgehead atoms. The molecule has 0 spiro atoms. The van der Waals surface area contributed by atoms with Crippen molar-refractivity contribution in [1.29, 1.82) is 0 Å². The molecule has 0 saturated carbocycles. The number of ether oxygens (including phenoxy) is 2. The van der Waals surface area contributed by atoms with Gasteiger partial charge in [-0.3, -0.25) is 0 Å². The van der Waals surface area contributed by atoms with E-state index in [4.69, 9.17) is 14.6 Å². The molecule has 3 aromatic carbocycles. The minimum atomic E-state index is -0.450. The van der Waals surface area contributed by atoms with Gasteiger partial charge >= 0.3 is 0 Å². The lowest BCUT2D eigenvalue weighted by atomic mass is 9.96. The highest BCUT2D eigenvalue weighted by Crippen LogP contribution is 2.49. The van der Waals surface area contributed by atoms with Crippen LogP contribution in [0.3, 0.4) is 0 Å². The van der Waals surface area contributed by atoms with Gasteiger partial charge in [-0.15, -0.1) is 0 Å². The minimum Gasteiger partial charge on any atom is -0.496 e. The molecule has 7 heteroatoms. The molecule has 0 radical (unpaired) electrons. The maximum absolute atomic E-state index is 13.4. The van der Waals surface area contributed by atoms with Crippen molar-refractivity contribution >= 4 is 37.6 Å². The van der Waals surface area contributed by atoms with Gasteiger partial charge in [0.15, 0.2) is 0 Å². The third-order valence-electron chi connectivity index (χ3n) is 5.39. The van der Waals surface area contributed by atoms with Crippen molar-refractivity contribution in [3.8, 4) is 11.5 Å². The molecule has 0 aromatic heterocycles. The SMILES string of the molecule is COc1ccc(Br)cc1[C@@H]1Oc2ccc(Br)cc2[C@H]2CC(c3ccc(F)cc3)=NN21. The number of rotatable bonds is 3. The third-order valence-corrected chi connectivity index (χ3v) is 6.37. The molecule has 3 aromatic rings. The fraction of sp³-hybridized carbons (Fsp3) is 0.174. The number of fused-ring (bicyclic) bond motifs is 3. The van der Waals surface area contributed by atoms with Crippen LogP contribution in [0.15, 0.2) is 74.7 Å². The van der Waals surface area contributed by atoms with Crippen LogP contribution in [-0.4, -0.2) is 17.8 Å². The van der Waals surface area contributed by atoms with E-state index in [1.807, 2.05) is 35.3 Å². The zero-order chi connectivity index (χ0) is 20.8. The van der Waals surface area contributed by atoms with Crippen molar-refractivity contribution in [3.63, 3.8) is 0 Å². The Hall–Kier alpha value is -2.38. The van der Waals surface area contributed by atoms with Crippen molar-refractivity contribution in [2.75, 3.05) is 7.11 Å². The Kier molecular flexibility index (Phi) is 5.03. The Bertz CT molecular complexity index is 1150. The van der Waals surface area contributed by atoms with E-state index in [0.717, 1.165) is 42.8 Å². The number of nitrogens with zero attached hydrogens (tertiary/aromatic N) is 2. The van der Waals surface area contributed by atoms with E-state index in [0.29, 0.717) is 6.42 Å². The van der Waals surface area contributed by atoms with Crippen LogP contribution in [0.4, 0.5) is 4.39 Å². The average molecular weight is 532 g/mol. The monoisotopic (exact) mass is 530 g/mol. The van der Waals surface area contributed by atoms with Gasteiger partial charge < -0.3 is 9.47 Å². The molecule has 5 rings (SSSR count). The zero-order valence-electron chi connectivity index (χ0n) is 16.0. The number of methoxy groups -OCH3 is 1. The number of hydrogen-bond donors (Lipinski definition) is 0.